The van der Waals surface area contributed by atoms with Crippen LogP contribution in [0.2, 0.25) is 0 Å². The van der Waals surface area contributed by atoms with Crippen molar-refractivity contribution in [3.05, 3.63) is 41.0 Å². The number of carbonyl (C=O) groups excluding carboxylic acids is 1. The minimum Gasteiger partial charge on any atom is -0.369 e. The number of hydrogen-bond acceptors (Lipinski definition) is 3. The Morgan fingerprint density at radius 1 is 1.11 bits per heavy atom. The number of aryl methyl sites for hydroxylation is 1. The van der Waals surface area contributed by atoms with E-state index < -0.39 is 0 Å². The highest BCUT2D eigenvalue weighted by molar-refractivity contribution is 5.76. The van der Waals surface area contributed by atoms with Gasteiger partial charge in [0.15, 0.2) is 0 Å². The van der Waals surface area contributed by atoms with E-state index in [0.717, 1.165) is 45.7 Å². The number of amides is 1. The predicted octanol–water partition coefficient (Wildman–Crippen LogP) is 3.82. The summed E-state index contributed by atoms with van der Waals surface area (Å²) >= 11 is 0. The van der Waals surface area contributed by atoms with Gasteiger partial charge >= 0.3 is 0 Å². The van der Waals surface area contributed by atoms with Crippen molar-refractivity contribution in [3.63, 3.8) is 0 Å². The number of benzene rings is 1. The number of anilines is 1. The summed E-state index contributed by atoms with van der Waals surface area (Å²) in [5.41, 5.74) is 5.64. The summed E-state index contributed by atoms with van der Waals surface area (Å²) in [5, 5.41) is 3.10. The third-order valence-electron chi connectivity index (χ3n) is 6.10. The molecule has 1 aliphatic heterocycles. The van der Waals surface area contributed by atoms with Crippen LogP contribution in [0.1, 0.15) is 49.7 Å². The Morgan fingerprint density at radius 2 is 1.93 bits per heavy atom. The second-order valence-electron chi connectivity index (χ2n) is 8.01. The van der Waals surface area contributed by atoms with Gasteiger partial charge in [-0.3, -0.25) is 9.69 Å². The minimum absolute atomic E-state index is 0.198. The summed E-state index contributed by atoms with van der Waals surface area (Å²) in [4.78, 5) is 17.0. The number of piperazine rings is 1. The lowest BCUT2D eigenvalue weighted by Gasteiger charge is -2.37. The first-order chi connectivity index (χ1) is 13.1. The van der Waals surface area contributed by atoms with Gasteiger partial charge in [-0.15, -0.1) is 0 Å². The van der Waals surface area contributed by atoms with Crippen LogP contribution >= 0.6 is 0 Å². The third kappa shape index (κ3) is 5.83. The molecule has 4 nitrogen and oxygen atoms in total. The molecule has 1 aliphatic carbocycles. The highest BCUT2D eigenvalue weighted by Gasteiger charge is 2.19. The largest absolute Gasteiger partial charge is 0.369 e. The highest BCUT2D eigenvalue weighted by Crippen LogP contribution is 2.24. The van der Waals surface area contributed by atoms with Gasteiger partial charge in [-0.05, 0) is 63.1 Å². The van der Waals surface area contributed by atoms with Gasteiger partial charge in [0, 0.05) is 51.4 Å². The van der Waals surface area contributed by atoms with Crippen LogP contribution < -0.4 is 10.2 Å². The second kappa shape index (κ2) is 9.93. The van der Waals surface area contributed by atoms with Crippen LogP contribution in [0.3, 0.4) is 0 Å². The molecule has 1 aromatic rings. The van der Waals surface area contributed by atoms with Crippen molar-refractivity contribution in [3.8, 4) is 0 Å². The van der Waals surface area contributed by atoms with Crippen molar-refractivity contribution in [2.24, 2.45) is 0 Å². The Kier molecular flexibility index (Phi) is 7.33. The zero-order valence-electron chi connectivity index (χ0n) is 17.1. The van der Waals surface area contributed by atoms with Gasteiger partial charge in [0.2, 0.25) is 5.91 Å². The molecule has 0 aromatic heterocycles. The molecule has 1 amide bonds. The number of rotatable bonds is 7. The number of allylic oxidation sites excluding steroid dienone is 1. The lowest BCUT2D eigenvalue weighted by molar-refractivity contribution is -0.121. The van der Waals surface area contributed by atoms with Gasteiger partial charge in [-0.25, -0.2) is 0 Å². The van der Waals surface area contributed by atoms with Gasteiger partial charge in [0.1, 0.15) is 0 Å². The molecule has 1 heterocycles. The van der Waals surface area contributed by atoms with E-state index in [1.165, 1.54) is 48.1 Å². The Labute approximate surface area is 164 Å². The van der Waals surface area contributed by atoms with Crippen molar-refractivity contribution < 1.29 is 4.79 Å². The molecule has 0 unspecified atom stereocenters. The van der Waals surface area contributed by atoms with Gasteiger partial charge in [-0.2, -0.15) is 0 Å². The smallest absolute Gasteiger partial charge is 0.221 e. The molecular weight excluding hydrogens is 334 g/mol. The van der Waals surface area contributed by atoms with Crippen molar-refractivity contribution in [2.75, 3.05) is 44.2 Å². The fourth-order valence-electron chi connectivity index (χ4n) is 4.13. The highest BCUT2D eigenvalue weighted by atomic mass is 16.1. The summed E-state index contributed by atoms with van der Waals surface area (Å²) in [7, 11) is 0. The lowest BCUT2D eigenvalue weighted by atomic mass is 9.97. The molecule has 0 atom stereocenters. The normalized spacial score (nSPS) is 18.3. The van der Waals surface area contributed by atoms with Crippen LogP contribution in [0, 0.1) is 13.8 Å². The Bertz CT molecular complexity index is 660. The quantitative estimate of drug-likeness (QED) is 0.742. The van der Waals surface area contributed by atoms with E-state index in [1.54, 1.807) is 0 Å². The number of carbonyl (C=O) groups is 1. The third-order valence-corrected chi connectivity index (χ3v) is 6.10. The molecule has 4 heteroatoms. The number of hydrogen-bond donors (Lipinski definition) is 1. The zero-order valence-corrected chi connectivity index (χ0v) is 17.1. The van der Waals surface area contributed by atoms with Gasteiger partial charge in [0.05, 0.1) is 0 Å². The molecule has 27 heavy (non-hydrogen) atoms. The van der Waals surface area contributed by atoms with Crippen LogP contribution in [0.5, 0.6) is 0 Å². The molecule has 3 rings (SSSR count). The molecule has 1 saturated heterocycles. The van der Waals surface area contributed by atoms with Crippen molar-refractivity contribution in [1.82, 2.24) is 10.2 Å². The van der Waals surface area contributed by atoms with Gasteiger partial charge in [0.25, 0.3) is 0 Å². The molecule has 0 saturated carbocycles. The van der Waals surface area contributed by atoms with Crippen molar-refractivity contribution in [2.45, 2.75) is 52.4 Å². The summed E-state index contributed by atoms with van der Waals surface area (Å²) in [5.74, 6) is 0.198. The maximum atomic E-state index is 12.1. The lowest BCUT2D eigenvalue weighted by Crippen LogP contribution is -2.47. The first-order valence-corrected chi connectivity index (χ1v) is 10.6. The van der Waals surface area contributed by atoms with E-state index in [0.29, 0.717) is 6.42 Å². The van der Waals surface area contributed by atoms with E-state index in [9.17, 15) is 4.79 Å². The van der Waals surface area contributed by atoms with E-state index >= 15 is 0 Å². The zero-order chi connectivity index (χ0) is 19.1. The van der Waals surface area contributed by atoms with Crippen molar-refractivity contribution in [1.29, 1.82) is 0 Å². The van der Waals surface area contributed by atoms with Crippen molar-refractivity contribution >= 4 is 11.6 Å². The Balaban J connectivity index is 1.34. The molecule has 0 spiro atoms. The summed E-state index contributed by atoms with van der Waals surface area (Å²) in [6.07, 6.45) is 9.09. The summed E-state index contributed by atoms with van der Waals surface area (Å²) in [6.45, 7) is 10.2. The molecule has 0 bridgehead atoms. The first-order valence-electron chi connectivity index (χ1n) is 10.6. The van der Waals surface area contributed by atoms with Crippen LogP contribution in [0.25, 0.3) is 0 Å². The van der Waals surface area contributed by atoms with Crippen LogP contribution in [0.15, 0.2) is 29.8 Å². The molecule has 0 radical (unpaired) electrons. The average molecular weight is 370 g/mol. The van der Waals surface area contributed by atoms with E-state index in [1.807, 2.05) is 0 Å². The predicted molar refractivity (Wildman–Crippen MR) is 113 cm³/mol. The topological polar surface area (TPSA) is 35.6 Å². The second-order valence-corrected chi connectivity index (χ2v) is 8.01. The first kappa shape index (κ1) is 19.9. The van der Waals surface area contributed by atoms with Crippen LogP contribution in [0.4, 0.5) is 5.69 Å². The van der Waals surface area contributed by atoms with Crippen LogP contribution in [-0.4, -0.2) is 50.1 Å². The van der Waals surface area contributed by atoms with E-state index in [2.05, 4.69) is 53.2 Å². The molecule has 148 valence electrons. The fraction of sp³-hybridized carbons (Fsp3) is 0.609. The van der Waals surface area contributed by atoms with E-state index in [-0.39, 0.29) is 5.91 Å². The maximum absolute atomic E-state index is 12.1. The molecule has 1 N–H and O–H groups in total. The molecule has 1 aromatic carbocycles. The minimum atomic E-state index is 0.198. The number of nitrogens with zero attached hydrogens (tertiary/aromatic N) is 2. The van der Waals surface area contributed by atoms with Crippen LogP contribution in [-0.2, 0) is 4.79 Å². The van der Waals surface area contributed by atoms with Gasteiger partial charge in [-0.1, -0.05) is 23.8 Å². The SMILES string of the molecule is Cc1cccc(N2CCN(CCC(=O)NCCC3=CCCCC3)CC2)c1C. The molecule has 2 aliphatic rings. The molecule has 1 fully saturated rings. The fourth-order valence-corrected chi connectivity index (χ4v) is 4.13. The standard InChI is InChI=1S/C23H35N3O/c1-19-7-6-10-22(20(19)2)26-17-15-25(16-18-26)14-12-23(27)24-13-11-21-8-4-3-5-9-21/h6-8,10H,3-5,9,11-18H2,1-2H3,(H,24,27). The monoisotopic (exact) mass is 369 g/mol. The summed E-state index contributed by atoms with van der Waals surface area (Å²) < 4.78 is 0. The number of nitrogens with one attached hydrogen (secondary N) is 1. The van der Waals surface area contributed by atoms with Gasteiger partial charge < -0.3 is 10.2 Å². The van der Waals surface area contributed by atoms with E-state index in [4.69, 9.17) is 0 Å². The Morgan fingerprint density at radius 3 is 2.67 bits per heavy atom. The maximum Gasteiger partial charge on any atom is 0.221 e. The average Bonchev–Trinajstić information content (AvgIpc) is 2.70. The summed E-state index contributed by atoms with van der Waals surface area (Å²) in [6, 6.07) is 6.56. The molecular formula is C23H35N3O. The Hall–Kier alpha value is -1.81.